The Balaban J connectivity index is 1.66. The summed E-state index contributed by atoms with van der Waals surface area (Å²) in [4.78, 5) is 14.3. The Bertz CT molecular complexity index is 970. The number of ether oxygens (including phenoxy) is 2. The molecule has 0 unspecified atom stereocenters. The second-order valence-corrected chi connectivity index (χ2v) is 6.58. The molecule has 0 saturated heterocycles. The van der Waals surface area contributed by atoms with E-state index in [1.807, 2.05) is 55.6 Å². The molecule has 6 heteroatoms. The van der Waals surface area contributed by atoms with Gasteiger partial charge in [0.1, 0.15) is 0 Å². The van der Waals surface area contributed by atoms with E-state index < -0.39 is 0 Å². The van der Waals surface area contributed by atoms with Crippen LogP contribution < -0.4 is 15.0 Å². The molecule has 0 fully saturated rings. The quantitative estimate of drug-likeness (QED) is 0.602. The van der Waals surface area contributed by atoms with Crippen LogP contribution in [0, 0.1) is 0 Å². The number of rotatable bonds is 8. The van der Waals surface area contributed by atoms with Crippen molar-refractivity contribution in [3.05, 3.63) is 76.6 Å². The van der Waals surface area contributed by atoms with E-state index in [9.17, 15) is 4.79 Å². The maximum atomic E-state index is 12.2. The van der Waals surface area contributed by atoms with Gasteiger partial charge in [0, 0.05) is 18.2 Å². The van der Waals surface area contributed by atoms with Gasteiger partial charge < -0.3 is 9.47 Å². The van der Waals surface area contributed by atoms with Gasteiger partial charge in [-0.1, -0.05) is 36.4 Å². The summed E-state index contributed by atoms with van der Waals surface area (Å²) in [6, 6.07) is 19.1. The van der Waals surface area contributed by atoms with Gasteiger partial charge in [-0.25, -0.2) is 4.68 Å². The normalized spacial score (nSPS) is 10.9. The molecule has 0 N–H and O–H groups in total. The Morgan fingerprint density at radius 1 is 0.964 bits per heavy atom. The number of hydrogen-bond donors (Lipinski definition) is 0. The lowest BCUT2D eigenvalue weighted by Gasteiger charge is -2.18. The first kappa shape index (κ1) is 19.6. The number of methoxy groups -OCH3 is 2. The second-order valence-electron chi connectivity index (χ2n) is 6.58. The van der Waals surface area contributed by atoms with E-state index in [0.29, 0.717) is 12.4 Å². The molecule has 0 atom stereocenters. The van der Waals surface area contributed by atoms with Crippen molar-refractivity contribution in [1.82, 2.24) is 14.7 Å². The lowest BCUT2D eigenvalue weighted by atomic mass is 10.1. The number of nitrogens with zero attached hydrogens (tertiary/aromatic N) is 3. The molecule has 0 bridgehead atoms. The van der Waals surface area contributed by atoms with Crippen molar-refractivity contribution in [3.8, 4) is 22.8 Å². The summed E-state index contributed by atoms with van der Waals surface area (Å²) < 4.78 is 12.1. The van der Waals surface area contributed by atoms with Crippen LogP contribution >= 0.6 is 0 Å². The van der Waals surface area contributed by atoms with E-state index in [-0.39, 0.29) is 5.56 Å². The van der Waals surface area contributed by atoms with E-state index in [0.717, 1.165) is 35.5 Å². The third-order valence-corrected chi connectivity index (χ3v) is 4.54. The summed E-state index contributed by atoms with van der Waals surface area (Å²) in [6.45, 7) is 1.20. The van der Waals surface area contributed by atoms with Crippen LogP contribution in [-0.2, 0) is 13.1 Å². The predicted molar refractivity (Wildman–Crippen MR) is 110 cm³/mol. The first-order chi connectivity index (χ1) is 13.6. The Morgan fingerprint density at radius 3 is 2.43 bits per heavy atom. The second kappa shape index (κ2) is 9.19. The van der Waals surface area contributed by atoms with Crippen LogP contribution in [0.15, 0.2) is 65.5 Å². The van der Waals surface area contributed by atoms with E-state index in [4.69, 9.17) is 9.47 Å². The maximum absolute atomic E-state index is 12.2. The van der Waals surface area contributed by atoms with Crippen LogP contribution in [-0.4, -0.2) is 42.5 Å². The molecule has 1 aromatic heterocycles. The summed E-state index contributed by atoms with van der Waals surface area (Å²) in [5.41, 5.74) is 2.80. The van der Waals surface area contributed by atoms with Crippen LogP contribution in [0.2, 0.25) is 0 Å². The van der Waals surface area contributed by atoms with Gasteiger partial charge in [0.2, 0.25) is 0 Å². The molecule has 0 radical (unpaired) electrons. The monoisotopic (exact) mass is 379 g/mol. The van der Waals surface area contributed by atoms with Crippen molar-refractivity contribution < 1.29 is 9.47 Å². The Hall–Kier alpha value is -3.12. The van der Waals surface area contributed by atoms with Crippen molar-refractivity contribution >= 4 is 0 Å². The standard InChI is InChI=1S/C22H25N3O3/c1-24(14-13-17-9-11-20(27-2)21(15-17)28-3)16-25-22(26)12-10-19(23-25)18-7-5-4-6-8-18/h4-12,15H,13-14,16H2,1-3H3. The number of benzene rings is 2. The highest BCUT2D eigenvalue weighted by Gasteiger charge is 2.08. The van der Waals surface area contributed by atoms with Gasteiger partial charge >= 0.3 is 0 Å². The molecule has 6 nitrogen and oxygen atoms in total. The molecule has 0 aliphatic carbocycles. The van der Waals surface area contributed by atoms with E-state index in [2.05, 4.69) is 10.00 Å². The first-order valence-corrected chi connectivity index (χ1v) is 9.13. The van der Waals surface area contributed by atoms with Crippen LogP contribution in [0.4, 0.5) is 0 Å². The van der Waals surface area contributed by atoms with Crippen LogP contribution in [0.25, 0.3) is 11.3 Å². The Kier molecular flexibility index (Phi) is 6.45. The third-order valence-electron chi connectivity index (χ3n) is 4.54. The lowest BCUT2D eigenvalue weighted by molar-refractivity contribution is 0.251. The smallest absolute Gasteiger partial charge is 0.268 e. The largest absolute Gasteiger partial charge is 0.493 e. The van der Waals surface area contributed by atoms with Crippen molar-refractivity contribution in [3.63, 3.8) is 0 Å². The maximum Gasteiger partial charge on any atom is 0.268 e. The van der Waals surface area contributed by atoms with Crippen molar-refractivity contribution in [2.75, 3.05) is 27.8 Å². The molecule has 3 aromatic rings. The van der Waals surface area contributed by atoms with E-state index >= 15 is 0 Å². The van der Waals surface area contributed by atoms with Gasteiger partial charge in [-0.3, -0.25) is 9.69 Å². The van der Waals surface area contributed by atoms with Gasteiger partial charge in [-0.15, -0.1) is 0 Å². The van der Waals surface area contributed by atoms with Crippen molar-refractivity contribution in [1.29, 1.82) is 0 Å². The first-order valence-electron chi connectivity index (χ1n) is 9.13. The number of aromatic nitrogens is 2. The topological polar surface area (TPSA) is 56.6 Å². The zero-order valence-corrected chi connectivity index (χ0v) is 16.5. The number of likely N-dealkylation sites (N-methyl/N-ethyl adjacent to an activating group) is 1. The minimum atomic E-state index is -0.113. The highest BCUT2D eigenvalue weighted by molar-refractivity contribution is 5.57. The molecule has 0 saturated carbocycles. The molecule has 0 aliphatic heterocycles. The minimum absolute atomic E-state index is 0.113. The molecule has 0 aliphatic rings. The van der Waals surface area contributed by atoms with Crippen LogP contribution in [0.1, 0.15) is 5.56 Å². The van der Waals surface area contributed by atoms with Crippen molar-refractivity contribution in [2.45, 2.75) is 13.1 Å². The van der Waals surface area contributed by atoms with Gasteiger partial charge in [-0.2, -0.15) is 5.10 Å². The molecule has 28 heavy (non-hydrogen) atoms. The van der Waals surface area contributed by atoms with Crippen LogP contribution in [0.3, 0.4) is 0 Å². The highest BCUT2D eigenvalue weighted by atomic mass is 16.5. The Labute approximate surface area is 165 Å². The summed E-state index contributed by atoms with van der Waals surface area (Å²) in [7, 11) is 5.23. The Morgan fingerprint density at radius 2 is 1.71 bits per heavy atom. The van der Waals surface area contributed by atoms with Gasteiger partial charge in [-0.05, 0) is 37.2 Å². The molecule has 146 valence electrons. The van der Waals surface area contributed by atoms with E-state index in [1.54, 1.807) is 26.4 Å². The highest BCUT2D eigenvalue weighted by Crippen LogP contribution is 2.27. The summed E-state index contributed by atoms with van der Waals surface area (Å²) >= 11 is 0. The fourth-order valence-corrected chi connectivity index (χ4v) is 2.97. The predicted octanol–water partition coefficient (Wildman–Crippen LogP) is 3.06. The molecule has 0 amide bonds. The summed E-state index contributed by atoms with van der Waals surface area (Å²) in [5, 5.41) is 4.51. The van der Waals surface area contributed by atoms with Gasteiger partial charge in [0.05, 0.1) is 26.6 Å². The van der Waals surface area contributed by atoms with E-state index in [1.165, 1.54) is 4.68 Å². The van der Waals surface area contributed by atoms with Gasteiger partial charge in [0.25, 0.3) is 5.56 Å². The average molecular weight is 379 g/mol. The fraction of sp³-hybridized carbons (Fsp3) is 0.273. The minimum Gasteiger partial charge on any atom is -0.493 e. The summed E-state index contributed by atoms with van der Waals surface area (Å²) in [6.07, 6.45) is 0.823. The number of hydrogen-bond acceptors (Lipinski definition) is 5. The molecular weight excluding hydrogens is 354 g/mol. The molecule has 1 heterocycles. The summed E-state index contributed by atoms with van der Waals surface area (Å²) in [5.74, 6) is 1.43. The van der Waals surface area contributed by atoms with Gasteiger partial charge in [0.15, 0.2) is 11.5 Å². The third kappa shape index (κ3) is 4.78. The molecule has 0 spiro atoms. The van der Waals surface area contributed by atoms with Crippen molar-refractivity contribution in [2.24, 2.45) is 0 Å². The molecule has 2 aromatic carbocycles. The zero-order chi connectivity index (χ0) is 19.9. The van der Waals surface area contributed by atoms with Crippen LogP contribution in [0.5, 0.6) is 11.5 Å². The lowest BCUT2D eigenvalue weighted by Crippen LogP contribution is -2.32. The SMILES string of the molecule is COc1ccc(CCN(C)Cn2nc(-c3ccccc3)ccc2=O)cc1OC. The average Bonchev–Trinajstić information content (AvgIpc) is 2.74. The fourth-order valence-electron chi connectivity index (χ4n) is 2.97. The molecule has 3 rings (SSSR count). The zero-order valence-electron chi connectivity index (χ0n) is 16.5. The molecular formula is C22H25N3O3.